The summed E-state index contributed by atoms with van der Waals surface area (Å²) in [5.41, 5.74) is 0.885. The highest BCUT2D eigenvalue weighted by Gasteiger charge is 2.71. The maximum atomic E-state index is 11.8. The third-order valence-corrected chi connectivity index (χ3v) is 12.4. The fraction of sp³-hybridized carbons (Fsp3) is 0.933. The van der Waals surface area contributed by atoms with Gasteiger partial charge < -0.3 is 15.3 Å². The van der Waals surface area contributed by atoms with Crippen LogP contribution in [0.4, 0.5) is 0 Å². The van der Waals surface area contributed by atoms with E-state index in [1.165, 1.54) is 18.4 Å². The summed E-state index contributed by atoms with van der Waals surface area (Å²) >= 11 is 0. The van der Waals surface area contributed by atoms with Crippen molar-refractivity contribution in [2.24, 2.45) is 45.3 Å². The van der Waals surface area contributed by atoms with E-state index in [9.17, 15) is 15.3 Å². The van der Waals surface area contributed by atoms with Crippen molar-refractivity contribution in [3.05, 3.63) is 11.6 Å². The van der Waals surface area contributed by atoms with Crippen LogP contribution in [0.5, 0.6) is 0 Å². The molecule has 0 radical (unpaired) electrons. The topological polar surface area (TPSA) is 60.7 Å². The highest BCUT2D eigenvalue weighted by atomic mass is 16.3. The molecule has 4 aliphatic rings. The first kappa shape index (κ1) is 25.7. The molecule has 0 saturated heterocycles. The maximum Gasteiger partial charge on any atom is 0.0654 e. The lowest BCUT2D eigenvalue weighted by Crippen LogP contribution is -2.66. The van der Waals surface area contributed by atoms with Gasteiger partial charge in [-0.1, -0.05) is 46.3 Å². The third kappa shape index (κ3) is 3.61. The van der Waals surface area contributed by atoms with Crippen molar-refractivity contribution in [2.75, 3.05) is 0 Å². The van der Waals surface area contributed by atoms with Crippen LogP contribution < -0.4 is 0 Å². The molecule has 3 N–H and O–H groups in total. The van der Waals surface area contributed by atoms with Crippen LogP contribution in [-0.2, 0) is 0 Å². The van der Waals surface area contributed by atoms with Crippen LogP contribution in [0.25, 0.3) is 0 Å². The zero-order valence-electron chi connectivity index (χ0n) is 22.7. The Labute approximate surface area is 203 Å². The van der Waals surface area contributed by atoms with Crippen LogP contribution in [0, 0.1) is 45.3 Å². The Morgan fingerprint density at radius 1 is 0.909 bits per heavy atom. The summed E-state index contributed by atoms with van der Waals surface area (Å²) in [6.45, 7) is 18.3. The fourth-order valence-corrected chi connectivity index (χ4v) is 10.3. The van der Waals surface area contributed by atoms with E-state index < -0.39 is 5.60 Å². The molecule has 0 heterocycles. The van der Waals surface area contributed by atoms with Crippen molar-refractivity contribution in [3.8, 4) is 0 Å². The summed E-state index contributed by atoms with van der Waals surface area (Å²) in [6, 6.07) is 0. The van der Waals surface area contributed by atoms with Crippen LogP contribution in [0.2, 0.25) is 0 Å². The van der Waals surface area contributed by atoms with Crippen LogP contribution in [-0.4, -0.2) is 33.1 Å². The molecular formula is C30H52O3. The first-order chi connectivity index (χ1) is 15.1. The molecular weight excluding hydrogens is 408 g/mol. The molecule has 33 heavy (non-hydrogen) atoms. The molecule has 0 aromatic heterocycles. The van der Waals surface area contributed by atoms with E-state index in [1.54, 1.807) is 0 Å². The van der Waals surface area contributed by atoms with E-state index in [2.05, 4.69) is 54.5 Å². The molecule has 0 aromatic carbocycles. The first-order valence-electron chi connectivity index (χ1n) is 13.8. The Kier molecular flexibility index (Phi) is 6.28. The highest BCUT2D eigenvalue weighted by molar-refractivity contribution is 5.20. The van der Waals surface area contributed by atoms with Crippen LogP contribution in [0.3, 0.4) is 0 Å². The van der Waals surface area contributed by atoms with Gasteiger partial charge in [0.05, 0.1) is 17.8 Å². The van der Waals surface area contributed by atoms with Crippen molar-refractivity contribution in [1.82, 2.24) is 0 Å². The zero-order valence-corrected chi connectivity index (χ0v) is 22.7. The lowest BCUT2D eigenvalue weighted by atomic mass is 9.35. The Morgan fingerprint density at radius 2 is 1.55 bits per heavy atom. The average Bonchev–Trinajstić information content (AvgIpc) is 3.08. The van der Waals surface area contributed by atoms with E-state index in [1.807, 2.05) is 6.92 Å². The molecule has 0 aromatic rings. The van der Waals surface area contributed by atoms with Gasteiger partial charge >= 0.3 is 0 Å². The molecule has 1 unspecified atom stereocenters. The monoisotopic (exact) mass is 460 g/mol. The molecule has 0 bridgehead atoms. The van der Waals surface area contributed by atoms with Crippen molar-refractivity contribution < 1.29 is 15.3 Å². The molecule has 4 aliphatic carbocycles. The molecule has 0 amide bonds. The molecule has 4 fully saturated rings. The van der Waals surface area contributed by atoms with E-state index >= 15 is 0 Å². The Hall–Kier alpha value is -0.380. The number of aliphatic hydroxyl groups is 3. The number of allylic oxidation sites excluding steroid dienone is 2. The van der Waals surface area contributed by atoms with Crippen molar-refractivity contribution in [1.29, 1.82) is 0 Å². The van der Waals surface area contributed by atoms with E-state index in [0.29, 0.717) is 11.8 Å². The molecule has 4 saturated carbocycles. The van der Waals surface area contributed by atoms with Gasteiger partial charge in [-0.15, -0.1) is 0 Å². The molecule has 3 heteroatoms. The summed E-state index contributed by atoms with van der Waals surface area (Å²) in [4.78, 5) is 0. The molecule has 0 aliphatic heterocycles. The normalized spacial score (nSPS) is 50.5. The largest absolute Gasteiger partial charge is 0.393 e. The Morgan fingerprint density at radius 3 is 2.18 bits per heavy atom. The maximum absolute atomic E-state index is 11.8. The third-order valence-electron chi connectivity index (χ3n) is 12.4. The minimum atomic E-state index is -0.739. The number of fused-ring (bicyclic) bond motifs is 5. The minimum absolute atomic E-state index is 0.0503. The van der Waals surface area contributed by atoms with Gasteiger partial charge in [-0.2, -0.15) is 0 Å². The second-order valence-corrected chi connectivity index (χ2v) is 14.5. The number of aliphatic hydroxyl groups excluding tert-OH is 2. The molecule has 10 atom stereocenters. The summed E-state index contributed by atoms with van der Waals surface area (Å²) < 4.78 is 0. The van der Waals surface area contributed by atoms with Crippen molar-refractivity contribution >= 4 is 0 Å². The van der Waals surface area contributed by atoms with Gasteiger partial charge in [0.2, 0.25) is 0 Å². The van der Waals surface area contributed by atoms with Gasteiger partial charge in [-0.05, 0) is 124 Å². The number of hydrogen-bond acceptors (Lipinski definition) is 3. The van der Waals surface area contributed by atoms with Gasteiger partial charge in [0.1, 0.15) is 0 Å². The molecule has 4 rings (SSSR count). The summed E-state index contributed by atoms with van der Waals surface area (Å²) in [7, 11) is 0. The van der Waals surface area contributed by atoms with Gasteiger partial charge in [0, 0.05) is 0 Å². The quantitative estimate of drug-likeness (QED) is 0.420. The molecule has 0 spiro atoms. The van der Waals surface area contributed by atoms with E-state index in [-0.39, 0.29) is 45.7 Å². The van der Waals surface area contributed by atoms with Gasteiger partial charge in [0.25, 0.3) is 0 Å². The lowest BCUT2D eigenvalue weighted by molar-refractivity contribution is -0.246. The number of hydrogen-bond donors (Lipinski definition) is 3. The summed E-state index contributed by atoms with van der Waals surface area (Å²) in [5.74, 6) is 1.31. The molecule has 3 nitrogen and oxygen atoms in total. The number of rotatable bonds is 4. The van der Waals surface area contributed by atoms with Crippen LogP contribution in [0.15, 0.2) is 11.6 Å². The van der Waals surface area contributed by atoms with Crippen LogP contribution >= 0.6 is 0 Å². The highest BCUT2D eigenvalue weighted by Crippen LogP contribution is 2.75. The van der Waals surface area contributed by atoms with Crippen LogP contribution in [0.1, 0.15) is 113 Å². The minimum Gasteiger partial charge on any atom is -0.393 e. The first-order valence-corrected chi connectivity index (χ1v) is 13.8. The average molecular weight is 461 g/mol. The standard InChI is InChI=1S/C30H52O3/c1-19(2)10-9-14-30(8,33)20-11-16-29(7)25(20)21(31)18-23-27(5)15-13-24(32)26(3,4)22(27)12-17-28(23,29)6/h10,20-25,31-33H,9,11-18H2,1-8H3/t20-,21+,22-,23?,24-,25-,27-,28+,29+,30-/m0/s1. The van der Waals surface area contributed by atoms with Crippen molar-refractivity contribution in [2.45, 2.75) is 131 Å². The Balaban J connectivity index is 1.66. The van der Waals surface area contributed by atoms with E-state index in [4.69, 9.17) is 0 Å². The zero-order chi connectivity index (χ0) is 24.6. The predicted octanol–water partition coefficient (Wildman–Crippen LogP) is 6.50. The second kappa shape index (κ2) is 8.07. The smallest absolute Gasteiger partial charge is 0.0654 e. The fourth-order valence-electron chi connectivity index (χ4n) is 10.3. The van der Waals surface area contributed by atoms with E-state index in [0.717, 1.165) is 44.9 Å². The summed E-state index contributed by atoms with van der Waals surface area (Å²) in [6.07, 6.45) is 10.6. The second-order valence-electron chi connectivity index (χ2n) is 14.5. The van der Waals surface area contributed by atoms with Crippen molar-refractivity contribution in [3.63, 3.8) is 0 Å². The lowest BCUT2D eigenvalue weighted by Gasteiger charge is -2.70. The Bertz CT molecular complexity index is 779. The van der Waals surface area contributed by atoms with Gasteiger partial charge in [-0.25, -0.2) is 0 Å². The van der Waals surface area contributed by atoms with Gasteiger partial charge in [0.15, 0.2) is 0 Å². The summed E-state index contributed by atoms with van der Waals surface area (Å²) in [5, 5.41) is 34.3. The molecule has 190 valence electrons. The van der Waals surface area contributed by atoms with Gasteiger partial charge in [-0.3, -0.25) is 0 Å². The SMILES string of the molecule is CC(C)=CCC[C@](C)(O)[C@H]1CC[C@]2(C)[C@@H]1[C@H](O)CC1[C@@]3(C)CC[C@H](O)C(C)(C)[C@@H]3CC[C@]12C. The predicted molar refractivity (Wildman–Crippen MR) is 136 cm³/mol.